The van der Waals surface area contributed by atoms with E-state index in [-0.39, 0.29) is 5.41 Å². The molecule has 0 atom stereocenters. The summed E-state index contributed by atoms with van der Waals surface area (Å²) in [5.41, 5.74) is 2.01. The van der Waals surface area contributed by atoms with Crippen molar-refractivity contribution < 1.29 is 14.6 Å². The van der Waals surface area contributed by atoms with E-state index >= 15 is 0 Å². The summed E-state index contributed by atoms with van der Waals surface area (Å²) in [6, 6.07) is 1.57. The van der Waals surface area contributed by atoms with Gasteiger partial charge in [0.25, 0.3) is 0 Å². The van der Waals surface area contributed by atoms with Gasteiger partial charge in [0.05, 0.1) is 12.2 Å². The maximum absolute atomic E-state index is 11.2. The molecule has 92 valence electrons. The number of carboxylic acids is 1. The molecule has 1 N–H and O–H groups in total. The van der Waals surface area contributed by atoms with Crippen molar-refractivity contribution in [2.45, 2.75) is 37.5 Å². The number of thiol groups is 1. The Morgan fingerprint density at radius 1 is 1.53 bits per heavy atom. The van der Waals surface area contributed by atoms with E-state index in [1.807, 2.05) is 6.92 Å². The van der Waals surface area contributed by atoms with Crippen LogP contribution in [0.4, 0.5) is 0 Å². The van der Waals surface area contributed by atoms with E-state index in [0.717, 1.165) is 23.3 Å². The zero-order valence-electron chi connectivity index (χ0n) is 10.2. The van der Waals surface area contributed by atoms with E-state index in [1.54, 1.807) is 6.07 Å². The van der Waals surface area contributed by atoms with Crippen LogP contribution in [0.5, 0.6) is 5.75 Å². The lowest BCUT2D eigenvalue weighted by atomic mass is 9.76. The highest BCUT2D eigenvalue weighted by Gasteiger charge is 2.33. The molecular formula is C13H16O3S. The predicted octanol–water partition coefficient (Wildman–Crippen LogP) is 3.04. The molecule has 1 aliphatic heterocycles. The molecule has 2 rings (SSSR count). The monoisotopic (exact) mass is 252 g/mol. The lowest BCUT2D eigenvalue weighted by Crippen LogP contribution is -2.29. The van der Waals surface area contributed by atoms with Crippen molar-refractivity contribution in [1.29, 1.82) is 0 Å². The van der Waals surface area contributed by atoms with E-state index in [2.05, 4.69) is 26.5 Å². The van der Waals surface area contributed by atoms with Gasteiger partial charge in [0.15, 0.2) is 0 Å². The van der Waals surface area contributed by atoms with E-state index in [4.69, 9.17) is 4.74 Å². The third-order valence-corrected chi connectivity index (χ3v) is 3.73. The molecule has 0 spiro atoms. The SMILES string of the molecule is Cc1c(C(=O)O)cc(S)c2c1C(C)(C)CCO2. The van der Waals surface area contributed by atoms with Crippen LogP contribution in [0.3, 0.4) is 0 Å². The number of rotatable bonds is 1. The first kappa shape index (κ1) is 12.3. The number of benzene rings is 1. The van der Waals surface area contributed by atoms with Crippen molar-refractivity contribution in [3.63, 3.8) is 0 Å². The maximum atomic E-state index is 11.2. The van der Waals surface area contributed by atoms with E-state index < -0.39 is 5.97 Å². The van der Waals surface area contributed by atoms with Gasteiger partial charge in [-0.05, 0) is 30.4 Å². The summed E-state index contributed by atoms with van der Waals surface area (Å²) >= 11 is 4.34. The third kappa shape index (κ3) is 1.90. The molecular weight excluding hydrogens is 236 g/mol. The molecule has 1 aliphatic rings. The Morgan fingerprint density at radius 2 is 2.18 bits per heavy atom. The van der Waals surface area contributed by atoms with Crippen LogP contribution in [0, 0.1) is 6.92 Å². The second-order valence-corrected chi connectivity index (χ2v) is 5.54. The van der Waals surface area contributed by atoms with Gasteiger partial charge < -0.3 is 9.84 Å². The molecule has 0 saturated heterocycles. The van der Waals surface area contributed by atoms with Crippen LogP contribution in [-0.2, 0) is 5.41 Å². The highest BCUT2D eigenvalue weighted by atomic mass is 32.1. The number of fused-ring (bicyclic) bond motifs is 1. The first-order valence-corrected chi connectivity index (χ1v) is 6.02. The molecule has 3 nitrogen and oxygen atoms in total. The molecule has 1 aromatic rings. The fourth-order valence-corrected chi connectivity index (χ4v) is 2.77. The average molecular weight is 252 g/mol. The minimum absolute atomic E-state index is 0.0688. The Balaban J connectivity index is 2.76. The fraction of sp³-hybridized carbons (Fsp3) is 0.462. The Bertz CT molecular complexity index is 492. The van der Waals surface area contributed by atoms with Gasteiger partial charge in [0.1, 0.15) is 5.75 Å². The van der Waals surface area contributed by atoms with Crippen LogP contribution < -0.4 is 4.74 Å². The van der Waals surface area contributed by atoms with Crippen molar-refractivity contribution in [1.82, 2.24) is 0 Å². The van der Waals surface area contributed by atoms with Crippen molar-refractivity contribution in [2.24, 2.45) is 0 Å². The lowest BCUT2D eigenvalue weighted by molar-refractivity contribution is 0.0695. The van der Waals surface area contributed by atoms with Gasteiger partial charge in [-0.1, -0.05) is 13.8 Å². The molecule has 0 bridgehead atoms. The van der Waals surface area contributed by atoms with Crippen LogP contribution >= 0.6 is 12.6 Å². The second kappa shape index (κ2) is 3.95. The Kier molecular flexibility index (Phi) is 2.86. The van der Waals surface area contributed by atoms with E-state index in [1.165, 1.54) is 0 Å². The summed E-state index contributed by atoms with van der Waals surface area (Å²) in [6.07, 6.45) is 0.886. The zero-order valence-corrected chi connectivity index (χ0v) is 11.1. The summed E-state index contributed by atoms with van der Waals surface area (Å²) in [5.74, 6) is -0.172. The van der Waals surface area contributed by atoms with Gasteiger partial charge in [-0.2, -0.15) is 0 Å². The first-order valence-electron chi connectivity index (χ1n) is 5.58. The minimum atomic E-state index is -0.915. The third-order valence-electron chi connectivity index (χ3n) is 3.40. The zero-order chi connectivity index (χ0) is 12.8. The molecule has 0 unspecified atom stereocenters. The Morgan fingerprint density at radius 3 is 2.76 bits per heavy atom. The molecule has 0 aromatic heterocycles. The molecule has 0 amide bonds. The first-order chi connectivity index (χ1) is 7.84. The number of carbonyl (C=O) groups is 1. The van der Waals surface area contributed by atoms with Crippen LogP contribution in [-0.4, -0.2) is 17.7 Å². The van der Waals surface area contributed by atoms with Crippen LogP contribution in [0.2, 0.25) is 0 Å². The molecule has 0 fully saturated rings. The van der Waals surface area contributed by atoms with Gasteiger partial charge in [0, 0.05) is 10.5 Å². The molecule has 0 saturated carbocycles. The Labute approximate surface area is 106 Å². The summed E-state index contributed by atoms with van der Waals surface area (Å²) in [4.78, 5) is 11.8. The van der Waals surface area contributed by atoms with E-state index in [0.29, 0.717) is 17.1 Å². The molecule has 0 radical (unpaired) electrons. The predicted molar refractivity (Wildman–Crippen MR) is 68.5 cm³/mol. The summed E-state index contributed by atoms with van der Waals surface area (Å²) in [7, 11) is 0. The fourth-order valence-electron chi connectivity index (χ4n) is 2.46. The minimum Gasteiger partial charge on any atom is -0.492 e. The number of hydrogen-bond donors (Lipinski definition) is 2. The number of hydrogen-bond acceptors (Lipinski definition) is 3. The Hall–Kier alpha value is -1.16. The molecule has 1 heterocycles. The average Bonchev–Trinajstić information content (AvgIpc) is 2.21. The standard InChI is InChI=1S/C13H16O3S/c1-7-8(12(14)15)6-9(17)11-10(7)13(2,3)4-5-16-11/h6,17H,4-5H2,1-3H3,(H,14,15). The molecule has 0 aliphatic carbocycles. The van der Waals surface area contributed by atoms with Gasteiger partial charge >= 0.3 is 5.97 Å². The second-order valence-electron chi connectivity index (χ2n) is 5.06. The van der Waals surface area contributed by atoms with Gasteiger partial charge in [-0.3, -0.25) is 0 Å². The highest BCUT2D eigenvalue weighted by molar-refractivity contribution is 7.80. The molecule has 4 heteroatoms. The van der Waals surface area contributed by atoms with Crippen molar-refractivity contribution in [2.75, 3.05) is 6.61 Å². The van der Waals surface area contributed by atoms with Crippen molar-refractivity contribution in [3.05, 3.63) is 22.8 Å². The van der Waals surface area contributed by atoms with Crippen LogP contribution in [0.1, 0.15) is 41.8 Å². The van der Waals surface area contributed by atoms with Gasteiger partial charge in [0.2, 0.25) is 0 Å². The number of carboxylic acid groups (broad SMARTS) is 1. The van der Waals surface area contributed by atoms with Crippen molar-refractivity contribution in [3.8, 4) is 5.75 Å². The quantitative estimate of drug-likeness (QED) is 0.755. The van der Waals surface area contributed by atoms with E-state index in [9.17, 15) is 9.90 Å². The summed E-state index contributed by atoms with van der Waals surface area (Å²) in [6.45, 7) is 6.71. The van der Waals surface area contributed by atoms with Gasteiger partial charge in [-0.15, -0.1) is 12.6 Å². The van der Waals surface area contributed by atoms with Crippen LogP contribution in [0.15, 0.2) is 11.0 Å². The number of ether oxygens (including phenoxy) is 1. The van der Waals surface area contributed by atoms with Gasteiger partial charge in [-0.25, -0.2) is 4.79 Å². The topological polar surface area (TPSA) is 46.5 Å². The summed E-state index contributed by atoms with van der Waals surface area (Å²) < 4.78 is 5.64. The van der Waals surface area contributed by atoms with Crippen LogP contribution in [0.25, 0.3) is 0 Å². The molecule has 17 heavy (non-hydrogen) atoms. The highest BCUT2D eigenvalue weighted by Crippen LogP contribution is 2.44. The smallest absolute Gasteiger partial charge is 0.336 e. The normalized spacial score (nSPS) is 17.2. The summed E-state index contributed by atoms with van der Waals surface area (Å²) in [5, 5.41) is 9.19. The van der Waals surface area contributed by atoms with Crippen molar-refractivity contribution >= 4 is 18.6 Å². The maximum Gasteiger partial charge on any atom is 0.336 e. The number of aromatic carboxylic acids is 1. The lowest BCUT2D eigenvalue weighted by Gasteiger charge is -2.35. The largest absolute Gasteiger partial charge is 0.492 e. The molecule has 1 aromatic carbocycles.